The second kappa shape index (κ2) is 11.9. The first kappa shape index (κ1) is 24.2. The minimum Gasteiger partial charge on any atom is -0.370 e. The van der Waals surface area contributed by atoms with Crippen molar-refractivity contribution in [2.75, 3.05) is 25.4 Å². The molecular weight excluding hydrogens is 414 g/mol. The molecule has 0 radical (unpaired) electrons. The quantitative estimate of drug-likeness (QED) is 0.214. The minimum absolute atomic E-state index is 0.0110. The highest BCUT2D eigenvalue weighted by atomic mass is 32.2. The number of nitrogens with zero attached hydrogens (tertiary/aromatic N) is 3. The molecule has 10 heteroatoms. The Kier molecular flexibility index (Phi) is 9.29. The Bertz CT molecular complexity index is 967. The van der Waals surface area contributed by atoms with Gasteiger partial charge in [-0.3, -0.25) is 9.98 Å². The smallest absolute Gasteiger partial charge is 0.214 e. The molecule has 0 fully saturated rings. The maximum atomic E-state index is 12.9. The van der Waals surface area contributed by atoms with E-state index < -0.39 is 10.0 Å². The molecule has 168 valence electrons. The van der Waals surface area contributed by atoms with Gasteiger partial charge in [-0.15, -0.1) is 0 Å². The molecule has 0 atom stereocenters. The summed E-state index contributed by atoms with van der Waals surface area (Å²) in [5, 5.41) is 0. The number of nitrogens with two attached hydrogens (primary N) is 4. The lowest BCUT2D eigenvalue weighted by molar-refractivity contribution is 0.401. The van der Waals surface area contributed by atoms with Gasteiger partial charge >= 0.3 is 0 Å². The number of hydrogen-bond donors (Lipinski definition) is 4. The van der Waals surface area contributed by atoms with Crippen LogP contribution in [0.5, 0.6) is 0 Å². The van der Waals surface area contributed by atoms with Crippen LogP contribution in [0.3, 0.4) is 0 Å². The third kappa shape index (κ3) is 8.65. The molecule has 2 aromatic rings. The summed E-state index contributed by atoms with van der Waals surface area (Å²) in [7, 11) is -3.51. The van der Waals surface area contributed by atoms with Gasteiger partial charge in [0.1, 0.15) is 0 Å². The van der Waals surface area contributed by atoms with Gasteiger partial charge in [-0.05, 0) is 29.5 Å². The second-order valence-electron chi connectivity index (χ2n) is 7.03. The number of aliphatic imine (C=N–C) groups is 2. The van der Waals surface area contributed by atoms with Crippen LogP contribution in [0.15, 0.2) is 64.6 Å². The Morgan fingerprint density at radius 2 is 1.32 bits per heavy atom. The van der Waals surface area contributed by atoms with Gasteiger partial charge in [0.05, 0.1) is 5.75 Å². The summed E-state index contributed by atoms with van der Waals surface area (Å²) in [6.07, 6.45) is 0.838. The summed E-state index contributed by atoms with van der Waals surface area (Å²) < 4.78 is 27.3. The summed E-state index contributed by atoms with van der Waals surface area (Å²) in [5.41, 5.74) is 24.4. The van der Waals surface area contributed by atoms with Crippen LogP contribution in [0.25, 0.3) is 11.1 Å². The van der Waals surface area contributed by atoms with Crippen molar-refractivity contribution in [3.05, 3.63) is 60.2 Å². The SMILES string of the molecule is NC(N)=NCCCN(Cc1ccc(-c2ccccc2)cc1)S(=O)(=O)CCCN=C(N)N. The van der Waals surface area contributed by atoms with Crippen LogP contribution in [0.1, 0.15) is 18.4 Å². The first-order chi connectivity index (χ1) is 14.8. The average Bonchev–Trinajstić information content (AvgIpc) is 2.74. The third-order valence-corrected chi connectivity index (χ3v) is 6.43. The molecule has 0 spiro atoms. The molecule has 0 amide bonds. The molecule has 0 saturated carbocycles. The van der Waals surface area contributed by atoms with Gasteiger partial charge in [0.25, 0.3) is 0 Å². The average molecular weight is 446 g/mol. The van der Waals surface area contributed by atoms with Crippen LogP contribution in [-0.2, 0) is 16.6 Å². The van der Waals surface area contributed by atoms with E-state index in [2.05, 4.69) is 9.98 Å². The fraction of sp³-hybridized carbons (Fsp3) is 0.333. The van der Waals surface area contributed by atoms with Gasteiger partial charge in [-0.25, -0.2) is 8.42 Å². The van der Waals surface area contributed by atoms with E-state index in [1.165, 1.54) is 4.31 Å². The zero-order chi connectivity index (χ0) is 22.7. The molecule has 8 N–H and O–H groups in total. The van der Waals surface area contributed by atoms with Crippen LogP contribution in [-0.4, -0.2) is 50.0 Å². The maximum Gasteiger partial charge on any atom is 0.214 e. The van der Waals surface area contributed by atoms with Crippen LogP contribution in [0.4, 0.5) is 0 Å². The van der Waals surface area contributed by atoms with Crippen LogP contribution in [0, 0.1) is 0 Å². The van der Waals surface area contributed by atoms with Crippen LogP contribution >= 0.6 is 0 Å². The van der Waals surface area contributed by atoms with E-state index in [-0.39, 0.29) is 30.8 Å². The van der Waals surface area contributed by atoms with Gasteiger partial charge in [0.15, 0.2) is 11.9 Å². The highest BCUT2D eigenvalue weighted by Crippen LogP contribution is 2.20. The summed E-state index contributed by atoms with van der Waals surface area (Å²) in [6, 6.07) is 17.9. The summed E-state index contributed by atoms with van der Waals surface area (Å²) in [4.78, 5) is 7.78. The minimum atomic E-state index is -3.51. The highest BCUT2D eigenvalue weighted by Gasteiger charge is 2.21. The Morgan fingerprint density at radius 1 is 0.774 bits per heavy atom. The molecule has 2 aromatic carbocycles. The van der Waals surface area contributed by atoms with E-state index in [1.807, 2.05) is 54.6 Å². The standard InChI is InChI=1S/C21H31N7O2S/c22-20(23)26-12-4-14-28(31(29,30)15-5-13-27-21(24)25)16-17-8-10-19(11-9-17)18-6-2-1-3-7-18/h1-3,6-11H,4-5,12-16H2,(H4,22,23,26)(H4,24,25,27). The van der Waals surface area contributed by atoms with E-state index in [4.69, 9.17) is 22.9 Å². The van der Waals surface area contributed by atoms with Crippen molar-refractivity contribution < 1.29 is 8.42 Å². The first-order valence-corrected chi connectivity index (χ1v) is 11.6. The van der Waals surface area contributed by atoms with Gasteiger partial charge < -0.3 is 22.9 Å². The van der Waals surface area contributed by atoms with Crippen molar-refractivity contribution in [2.24, 2.45) is 32.9 Å². The molecule has 2 rings (SSSR count). The fourth-order valence-corrected chi connectivity index (χ4v) is 4.50. The van der Waals surface area contributed by atoms with E-state index in [0.29, 0.717) is 25.9 Å². The van der Waals surface area contributed by atoms with Gasteiger partial charge in [-0.1, -0.05) is 54.6 Å². The molecule has 9 nitrogen and oxygen atoms in total. The predicted octanol–water partition coefficient (Wildman–Crippen LogP) is 0.812. The summed E-state index contributed by atoms with van der Waals surface area (Å²) >= 11 is 0. The predicted molar refractivity (Wildman–Crippen MR) is 127 cm³/mol. The van der Waals surface area contributed by atoms with Crippen molar-refractivity contribution in [3.63, 3.8) is 0 Å². The Balaban J connectivity index is 2.09. The zero-order valence-corrected chi connectivity index (χ0v) is 18.3. The van der Waals surface area contributed by atoms with E-state index in [0.717, 1.165) is 16.7 Å². The van der Waals surface area contributed by atoms with E-state index in [9.17, 15) is 8.42 Å². The highest BCUT2D eigenvalue weighted by molar-refractivity contribution is 7.89. The number of benzene rings is 2. The van der Waals surface area contributed by atoms with Gasteiger partial charge in [-0.2, -0.15) is 4.31 Å². The van der Waals surface area contributed by atoms with E-state index >= 15 is 0 Å². The number of guanidine groups is 2. The molecule has 0 heterocycles. The van der Waals surface area contributed by atoms with Crippen LogP contribution < -0.4 is 22.9 Å². The van der Waals surface area contributed by atoms with Crippen molar-refractivity contribution in [1.82, 2.24) is 4.31 Å². The molecule has 0 bridgehead atoms. The molecule has 31 heavy (non-hydrogen) atoms. The lowest BCUT2D eigenvalue weighted by atomic mass is 10.0. The normalized spacial score (nSPS) is 11.3. The first-order valence-electron chi connectivity index (χ1n) is 10.0. The van der Waals surface area contributed by atoms with Crippen molar-refractivity contribution in [1.29, 1.82) is 0 Å². The van der Waals surface area contributed by atoms with Gasteiger partial charge in [0.2, 0.25) is 10.0 Å². The third-order valence-electron chi connectivity index (χ3n) is 4.53. The lowest BCUT2D eigenvalue weighted by Gasteiger charge is -2.22. The fourth-order valence-electron chi connectivity index (χ4n) is 2.99. The summed E-state index contributed by atoms with van der Waals surface area (Å²) in [6.45, 7) is 1.19. The van der Waals surface area contributed by atoms with Gasteiger partial charge in [0, 0.05) is 26.2 Å². The maximum absolute atomic E-state index is 12.9. The Morgan fingerprint density at radius 3 is 1.90 bits per heavy atom. The van der Waals surface area contributed by atoms with E-state index in [1.54, 1.807) is 0 Å². The number of hydrogen-bond acceptors (Lipinski definition) is 4. The molecule has 0 aromatic heterocycles. The second-order valence-corrected chi connectivity index (χ2v) is 9.12. The number of sulfonamides is 1. The Labute approximate surface area is 183 Å². The molecular formula is C21H31N7O2S. The van der Waals surface area contributed by atoms with Crippen molar-refractivity contribution in [3.8, 4) is 11.1 Å². The molecule has 0 aliphatic rings. The lowest BCUT2D eigenvalue weighted by Crippen LogP contribution is -2.34. The van der Waals surface area contributed by atoms with Crippen LogP contribution in [0.2, 0.25) is 0 Å². The molecule has 0 aliphatic heterocycles. The molecule has 0 saturated heterocycles. The van der Waals surface area contributed by atoms with Crippen molar-refractivity contribution >= 4 is 21.9 Å². The molecule has 0 aliphatic carbocycles. The summed E-state index contributed by atoms with van der Waals surface area (Å²) in [5.74, 6) is -0.109. The Hall–Kier alpha value is -3.11. The number of rotatable bonds is 12. The topological polar surface area (TPSA) is 166 Å². The monoisotopic (exact) mass is 445 g/mol. The molecule has 0 unspecified atom stereocenters. The largest absolute Gasteiger partial charge is 0.370 e. The zero-order valence-electron chi connectivity index (χ0n) is 17.5. The van der Waals surface area contributed by atoms with Crippen molar-refractivity contribution in [2.45, 2.75) is 19.4 Å².